The number of benzene rings is 2. The minimum Gasteiger partial charge on any atom is -0.507 e. The van der Waals surface area contributed by atoms with Crippen LogP contribution in [0, 0.1) is 0 Å². The van der Waals surface area contributed by atoms with Crippen LogP contribution in [-0.2, 0) is 9.59 Å². The van der Waals surface area contributed by atoms with E-state index in [1.165, 1.54) is 6.07 Å². The number of carbonyl (C=O) groups is 3. The summed E-state index contributed by atoms with van der Waals surface area (Å²) in [4.78, 5) is 38.4. The van der Waals surface area contributed by atoms with Crippen LogP contribution in [0.3, 0.4) is 0 Å². The Kier molecular flexibility index (Phi) is 7.48. The molecule has 6 nitrogen and oxygen atoms in total. The van der Waals surface area contributed by atoms with Gasteiger partial charge in [0.2, 0.25) is 0 Å². The van der Waals surface area contributed by atoms with Gasteiger partial charge in [0.1, 0.15) is 11.5 Å². The molecule has 1 atom stereocenters. The first-order chi connectivity index (χ1) is 15.8. The van der Waals surface area contributed by atoms with E-state index in [4.69, 9.17) is 4.74 Å². The Balaban J connectivity index is 1.83. The number of ketones is 2. The number of amides is 1. The quantitative estimate of drug-likeness (QED) is 0.459. The van der Waals surface area contributed by atoms with Crippen LogP contribution in [0.5, 0.6) is 11.5 Å². The van der Waals surface area contributed by atoms with Gasteiger partial charge in [-0.1, -0.05) is 24.3 Å². The van der Waals surface area contributed by atoms with Crippen LogP contribution in [0.25, 0.3) is 0 Å². The first-order valence-corrected chi connectivity index (χ1v) is 10.9. The summed E-state index contributed by atoms with van der Waals surface area (Å²) in [6.45, 7) is 5.44. The second kappa shape index (κ2) is 10.3. The summed E-state index contributed by atoms with van der Waals surface area (Å²) in [5, 5.41) is 12.7. The van der Waals surface area contributed by atoms with Crippen molar-refractivity contribution in [1.82, 2.24) is 5.32 Å². The summed E-state index contributed by atoms with van der Waals surface area (Å²) in [6.07, 6.45) is 1.12. The molecule has 2 aromatic carbocycles. The highest BCUT2D eigenvalue weighted by atomic mass is 16.5. The molecule has 0 bridgehead atoms. The minimum absolute atomic E-state index is 0.0750. The number of allylic oxidation sites excluding steroid dienone is 4. The van der Waals surface area contributed by atoms with Gasteiger partial charge in [-0.3, -0.25) is 14.4 Å². The van der Waals surface area contributed by atoms with Gasteiger partial charge in [-0.05, 0) is 63.4 Å². The van der Waals surface area contributed by atoms with Crippen LogP contribution in [0.2, 0.25) is 0 Å². The fourth-order valence-electron chi connectivity index (χ4n) is 4.14. The summed E-state index contributed by atoms with van der Waals surface area (Å²) in [7, 11) is 1.58. The van der Waals surface area contributed by atoms with Gasteiger partial charge in [0, 0.05) is 34.8 Å². The Labute approximate surface area is 194 Å². The zero-order valence-electron chi connectivity index (χ0n) is 19.4. The predicted octanol–water partition coefficient (Wildman–Crippen LogP) is 4.50. The van der Waals surface area contributed by atoms with E-state index in [0.29, 0.717) is 47.4 Å². The maximum atomic E-state index is 13.2. The topological polar surface area (TPSA) is 92.7 Å². The predicted molar refractivity (Wildman–Crippen MR) is 126 cm³/mol. The Bertz CT molecular complexity index is 1160. The van der Waals surface area contributed by atoms with Crippen LogP contribution in [0.4, 0.5) is 0 Å². The summed E-state index contributed by atoms with van der Waals surface area (Å²) in [5.41, 5.74) is 3.02. The smallest absolute Gasteiger partial charge is 0.255 e. The molecular weight excluding hydrogens is 418 g/mol. The van der Waals surface area contributed by atoms with Gasteiger partial charge in [0.25, 0.3) is 5.91 Å². The summed E-state index contributed by atoms with van der Waals surface area (Å²) < 4.78 is 5.36. The third-order valence-electron chi connectivity index (χ3n) is 6.18. The van der Waals surface area contributed by atoms with Crippen LogP contribution in [-0.4, -0.2) is 36.2 Å². The summed E-state index contributed by atoms with van der Waals surface area (Å²) >= 11 is 0. The summed E-state index contributed by atoms with van der Waals surface area (Å²) in [5.74, 6) is -0.310. The van der Waals surface area contributed by atoms with E-state index in [1.807, 2.05) is 24.3 Å². The molecule has 6 heteroatoms. The van der Waals surface area contributed by atoms with Crippen molar-refractivity contribution in [2.75, 3.05) is 13.7 Å². The molecule has 2 N–H and O–H groups in total. The number of phenolic OH excluding ortho intramolecular Hbond substituents is 1. The Hall–Kier alpha value is -3.67. The highest BCUT2D eigenvalue weighted by molar-refractivity contribution is 6.25. The molecule has 0 fully saturated rings. The van der Waals surface area contributed by atoms with E-state index in [0.717, 1.165) is 5.56 Å². The number of hydrogen-bond acceptors (Lipinski definition) is 5. The fraction of sp³-hybridized carbons (Fsp3) is 0.296. The maximum absolute atomic E-state index is 13.2. The van der Waals surface area contributed by atoms with Gasteiger partial charge < -0.3 is 15.2 Å². The number of Topliss-reactive ketones (excluding diaryl/α,β-unsaturated/α-hetero) is 2. The van der Waals surface area contributed by atoms with Crippen LogP contribution in [0.15, 0.2) is 70.8 Å². The van der Waals surface area contributed by atoms with Gasteiger partial charge in [-0.15, -0.1) is 0 Å². The van der Waals surface area contributed by atoms with Crippen molar-refractivity contribution in [1.29, 1.82) is 0 Å². The van der Waals surface area contributed by atoms with E-state index in [2.05, 4.69) is 5.32 Å². The van der Waals surface area contributed by atoms with Crippen molar-refractivity contribution in [2.24, 2.45) is 0 Å². The molecular formula is C27H29NO5. The van der Waals surface area contributed by atoms with Crippen molar-refractivity contribution in [3.05, 3.63) is 82.0 Å². The lowest BCUT2D eigenvalue weighted by molar-refractivity contribution is -0.116. The van der Waals surface area contributed by atoms with E-state index < -0.39 is 0 Å². The lowest BCUT2D eigenvalue weighted by Gasteiger charge is -2.26. The molecule has 1 unspecified atom stereocenters. The molecule has 0 saturated carbocycles. The number of para-hydroxylation sites is 1. The molecule has 1 aliphatic rings. The largest absolute Gasteiger partial charge is 0.507 e. The van der Waals surface area contributed by atoms with Crippen molar-refractivity contribution in [2.45, 2.75) is 39.5 Å². The molecule has 1 amide bonds. The van der Waals surface area contributed by atoms with Crippen molar-refractivity contribution < 1.29 is 24.2 Å². The number of methoxy groups -OCH3 is 1. The van der Waals surface area contributed by atoms with E-state index in [-0.39, 0.29) is 34.7 Å². The lowest BCUT2D eigenvalue weighted by Crippen LogP contribution is -2.27. The van der Waals surface area contributed by atoms with E-state index >= 15 is 0 Å². The van der Waals surface area contributed by atoms with E-state index in [9.17, 15) is 19.5 Å². The second-order valence-electron chi connectivity index (χ2n) is 8.19. The fourth-order valence-corrected chi connectivity index (χ4v) is 4.14. The van der Waals surface area contributed by atoms with Crippen LogP contribution in [0.1, 0.15) is 55.5 Å². The average Bonchev–Trinajstić information content (AvgIpc) is 2.83. The number of ether oxygens (including phenoxy) is 1. The Morgan fingerprint density at radius 1 is 0.970 bits per heavy atom. The standard InChI is InChI=1S/C27H29NO5/c1-16-17(2)26(31)24(18(3)25(16)30)21(19-9-7-10-20(15-19)33-4)12-8-14-28-27(32)22-11-5-6-13-23(22)29/h5-7,9-11,13,15,21,29H,8,12,14H2,1-4H3,(H,28,32). The molecule has 33 heavy (non-hydrogen) atoms. The molecule has 1 aliphatic carbocycles. The third kappa shape index (κ3) is 5.06. The van der Waals surface area contributed by atoms with Gasteiger partial charge in [-0.2, -0.15) is 0 Å². The summed E-state index contributed by atoms with van der Waals surface area (Å²) in [6, 6.07) is 13.9. The lowest BCUT2D eigenvalue weighted by atomic mass is 9.76. The Morgan fingerprint density at radius 2 is 1.67 bits per heavy atom. The molecule has 0 radical (unpaired) electrons. The zero-order chi connectivity index (χ0) is 24.1. The van der Waals surface area contributed by atoms with Gasteiger partial charge >= 0.3 is 0 Å². The highest BCUT2D eigenvalue weighted by Gasteiger charge is 2.33. The normalized spacial score (nSPS) is 15.0. The van der Waals surface area contributed by atoms with Crippen LogP contribution >= 0.6 is 0 Å². The first-order valence-electron chi connectivity index (χ1n) is 10.9. The monoisotopic (exact) mass is 447 g/mol. The molecule has 0 spiro atoms. The Morgan fingerprint density at radius 3 is 2.36 bits per heavy atom. The number of hydrogen-bond donors (Lipinski definition) is 2. The number of nitrogens with one attached hydrogen (secondary N) is 1. The van der Waals surface area contributed by atoms with Gasteiger partial charge in [-0.25, -0.2) is 0 Å². The molecule has 0 saturated heterocycles. The third-order valence-corrected chi connectivity index (χ3v) is 6.18. The van der Waals surface area contributed by atoms with Crippen molar-refractivity contribution >= 4 is 17.5 Å². The SMILES string of the molecule is COc1cccc(C(CCCNC(=O)c2ccccc2O)C2=C(C)C(=O)C(C)=C(C)C2=O)c1. The second-order valence-corrected chi connectivity index (χ2v) is 8.19. The van der Waals surface area contributed by atoms with Crippen LogP contribution < -0.4 is 10.1 Å². The van der Waals surface area contributed by atoms with Gasteiger partial charge in [0.05, 0.1) is 12.7 Å². The van der Waals surface area contributed by atoms with Gasteiger partial charge in [0.15, 0.2) is 11.6 Å². The molecule has 172 valence electrons. The first kappa shape index (κ1) is 24.0. The number of carbonyl (C=O) groups excluding carboxylic acids is 3. The highest BCUT2D eigenvalue weighted by Crippen LogP contribution is 2.38. The van der Waals surface area contributed by atoms with Crippen molar-refractivity contribution in [3.63, 3.8) is 0 Å². The van der Waals surface area contributed by atoms with Crippen molar-refractivity contribution in [3.8, 4) is 11.5 Å². The number of phenols is 1. The van der Waals surface area contributed by atoms with E-state index in [1.54, 1.807) is 46.1 Å². The molecule has 0 aromatic heterocycles. The molecule has 0 heterocycles. The molecule has 3 rings (SSSR count). The molecule has 0 aliphatic heterocycles. The average molecular weight is 448 g/mol. The minimum atomic E-state index is -0.361. The number of aromatic hydroxyl groups is 1. The number of rotatable bonds is 8. The zero-order valence-corrected chi connectivity index (χ0v) is 19.4. The molecule has 2 aromatic rings. The maximum Gasteiger partial charge on any atom is 0.255 e.